The zero-order chi connectivity index (χ0) is 18.6. The maximum Gasteiger partial charge on any atom is 0.331 e. The molecule has 0 fully saturated rings. The first-order valence-electron chi connectivity index (χ1n) is 10.5. The third-order valence-corrected chi connectivity index (χ3v) is 4.58. The quantitative estimate of drug-likeness (QED) is 0.125. The number of unbranched alkanes of at least 4 members (excludes halogenated alkanes) is 13. The van der Waals surface area contributed by atoms with E-state index in [9.17, 15) is 4.79 Å². The Labute approximate surface area is 155 Å². The van der Waals surface area contributed by atoms with Crippen LogP contribution in [0.15, 0.2) is 12.2 Å². The highest BCUT2D eigenvalue weighted by Gasteiger charge is 2.06. The van der Waals surface area contributed by atoms with Gasteiger partial charge in [0.2, 0.25) is 0 Å². The molecule has 0 saturated heterocycles. The maximum atomic E-state index is 11.3. The number of hydrogen-bond donors (Lipinski definition) is 0. The smallest absolute Gasteiger partial charge is 0.331 e. The Kier molecular flexibility index (Phi) is 18.0. The van der Waals surface area contributed by atoms with E-state index in [1.807, 2.05) is 6.92 Å². The van der Waals surface area contributed by atoms with E-state index in [-0.39, 0.29) is 6.10 Å². The number of carbonyl (C=O) groups excluding carboxylic acids is 1. The van der Waals surface area contributed by atoms with Crippen LogP contribution < -0.4 is 0 Å². The van der Waals surface area contributed by atoms with E-state index in [4.69, 9.17) is 10.00 Å². The van der Waals surface area contributed by atoms with E-state index in [0.29, 0.717) is 0 Å². The summed E-state index contributed by atoms with van der Waals surface area (Å²) in [4.78, 5) is 11.3. The van der Waals surface area contributed by atoms with E-state index in [0.717, 1.165) is 18.9 Å². The molecule has 1 atom stereocenters. The van der Waals surface area contributed by atoms with Crippen LogP contribution in [0, 0.1) is 11.3 Å². The lowest BCUT2D eigenvalue weighted by molar-refractivity contribution is -0.142. The normalized spacial score (nSPS) is 12.2. The summed E-state index contributed by atoms with van der Waals surface area (Å²) in [7, 11) is 0. The number of ether oxygens (including phenoxy) is 1. The van der Waals surface area contributed by atoms with Crippen LogP contribution in [-0.4, -0.2) is 12.1 Å². The number of rotatable bonds is 17. The molecular formula is C22H39NO2. The largest absolute Gasteiger partial charge is 0.459 e. The SMILES string of the molecule is CCCCCCCCCCCCCCCCC(C)OC(=O)C=CC#N. The second-order valence-corrected chi connectivity index (χ2v) is 7.09. The van der Waals surface area contributed by atoms with Crippen LogP contribution in [0.4, 0.5) is 0 Å². The average Bonchev–Trinajstić information content (AvgIpc) is 2.60. The van der Waals surface area contributed by atoms with Gasteiger partial charge in [0.15, 0.2) is 0 Å². The van der Waals surface area contributed by atoms with Crippen LogP contribution in [0.5, 0.6) is 0 Å². The monoisotopic (exact) mass is 349 g/mol. The zero-order valence-corrected chi connectivity index (χ0v) is 16.6. The molecule has 144 valence electrons. The second-order valence-electron chi connectivity index (χ2n) is 7.09. The van der Waals surface area contributed by atoms with Crippen molar-refractivity contribution < 1.29 is 9.53 Å². The van der Waals surface area contributed by atoms with E-state index in [1.165, 1.54) is 89.5 Å². The van der Waals surface area contributed by atoms with Crippen LogP contribution in [0.1, 0.15) is 110 Å². The van der Waals surface area contributed by atoms with Gasteiger partial charge in [-0.05, 0) is 19.8 Å². The van der Waals surface area contributed by atoms with Crippen molar-refractivity contribution in [2.45, 2.75) is 116 Å². The van der Waals surface area contributed by atoms with Gasteiger partial charge in [0.1, 0.15) is 0 Å². The third-order valence-electron chi connectivity index (χ3n) is 4.58. The molecule has 0 aromatic heterocycles. The Balaban J connectivity index is 3.24. The highest BCUT2D eigenvalue weighted by atomic mass is 16.5. The van der Waals surface area contributed by atoms with Crippen LogP contribution in [0.3, 0.4) is 0 Å². The van der Waals surface area contributed by atoms with Gasteiger partial charge in [0.05, 0.1) is 12.2 Å². The van der Waals surface area contributed by atoms with Crippen molar-refractivity contribution in [2.75, 3.05) is 0 Å². The maximum absolute atomic E-state index is 11.3. The molecule has 25 heavy (non-hydrogen) atoms. The van der Waals surface area contributed by atoms with Crippen LogP contribution in [-0.2, 0) is 9.53 Å². The minimum atomic E-state index is -0.417. The lowest BCUT2D eigenvalue weighted by atomic mass is 10.0. The molecule has 0 N–H and O–H groups in total. The molecule has 0 aromatic rings. The van der Waals surface area contributed by atoms with E-state index in [1.54, 1.807) is 6.07 Å². The number of hydrogen-bond acceptors (Lipinski definition) is 3. The van der Waals surface area contributed by atoms with Crippen LogP contribution in [0.2, 0.25) is 0 Å². The van der Waals surface area contributed by atoms with Crippen LogP contribution >= 0.6 is 0 Å². The third kappa shape index (κ3) is 18.9. The first-order valence-corrected chi connectivity index (χ1v) is 10.5. The molecule has 0 saturated carbocycles. The Morgan fingerprint density at radius 1 is 0.880 bits per heavy atom. The van der Waals surface area contributed by atoms with Crippen molar-refractivity contribution in [1.82, 2.24) is 0 Å². The first-order chi connectivity index (χ1) is 12.2. The minimum Gasteiger partial charge on any atom is -0.459 e. The van der Waals surface area contributed by atoms with Gasteiger partial charge < -0.3 is 4.74 Å². The molecule has 3 nitrogen and oxygen atoms in total. The molecule has 0 rings (SSSR count). The molecule has 0 spiro atoms. The van der Waals surface area contributed by atoms with Crippen molar-refractivity contribution >= 4 is 5.97 Å². The van der Waals surface area contributed by atoms with Gasteiger partial charge in [0.25, 0.3) is 0 Å². The number of carbonyl (C=O) groups is 1. The number of esters is 1. The summed E-state index contributed by atoms with van der Waals surface area (Å²) in [5.74, 6) is -0.417. The highest BCUT2D eigenvalue weighted by Crippen LogP contribution is 2.14. The Morgan fingerprint density at radius 2 is 1.32 bits per heavy atom. The van der Waals surface area contributed by atoms with Crippen molar-refractivity contribution in [1.29, 1.82) is 5.26 Å². The lowest BCUT2D eigenvalue weighted by Crippen LogP contribution is -2.12. The number of nitriles is 1. The molecule has 0 heterocycles. The first kappa shape index (κ1) is 23.7. The summed E-state index contributed by atoms with van der Waals surface area (Å²) >= 11 is 0. The van der Waals surface area contributed by atoms with Gasteiger partial charge in [-0.15, -0.1) is 0 Å². The fourth-order valence-corrected chi connectivity index (χ4v) is 3.03. The Hall–Kier alpha value is -1.30. The predicted molar refractivity (Wildman–Crippen MR) is 105 cm³/mol. The number of allylic oxidation sites excluding steroid dienone is 1. The van der Waals surface area contributed by atoms with Crippen molar-refractivity contribution in [2.24, 2.45) is 0 Å². The van der Waals surface area contributed by atoms with Gasteiger partial charge >= 0.3 is 5.97 Å². The number of nitrogens with zero attached hydrogens (tertiary/aromatic N) is 1. The summed E-state index contributed by atoms with van der Waals surface area (Å²) in [6.07, 6.45) is 22.1. The van der Waals surface area contributed by atoms with Crippen LogP contribution in [0.25, 0.3) is 0 Å². The molecular weight excluding hydrogens is 310 g/mol. The van der Waals surface area contributed by atoms with Gasteiger partial charge in [-0.2, -0.15) is 5.26 Å². The molecule has 0 aromatic carbocycles. The van der Waals surface area contributed by atoms with E-state index >= 15 is 0 Å². The summed E-state index contributed by atoms with van der Waals surface area (Å²) < 4.78 is 5.19. The fourth-order valence-electron chi connectivity index (χ4n) is 3.03. The molecule has 1 unspecified atom stereocenters. The summed E-state index contributed by atoms with van der Waals surface area (Å²) in [6, 6.07) is 1.79. The molecule has 3 heteroatoms. The summed E-state index contributed by atoms with van der Waals surface area (Å²) in [6.45, 7) is 4.19. The van der Waals surface area contributed by atoms with E-state index in [2.05, 4.69) is 6.92 Å². The Morgan fingerprint density at radius 3 is 1.76 bits per heavy atom. The topological polar surface area (TPSA) is 50.1 Å². The van der Waals surface area contributed by atoms with Crippen molar-refractivity contribution in [3.05, 3.63) is 12.2 Å². The molecule has 0 radical (unpaired) electrons. The zero-order valence-electron chi connectivity index (χ0n) is 16.6. The lowest BCUT2D eigenvalue weighted by Gasteiger charge is -2.11. The molecule has 0 aliphatic heterocycles. The summed E-state index contributed by atoms with van der Waals surface area (Å²) in [5.41, 5.74) is 0. The average molecular weight is 350 g/mol. The molecule has 0 aliphatic rings. The Bertz CT molecular complexity index is 371. The fraction of sp³-hybridized carbons (Fsp3) is 0.818. The summed E-state index contributed by atoms with van der Waals surface area (Å²) in [5, 5.41) is 8.35. The second kappa shape index (κ2) is 19.0. The van der Waals surface area contributed by atoms with Crippen molar-refractivity contribution in [3.8, 4) is 6.07 Å². The van der Waals surface area contributed by atoms with Crippen molar-refractivity contribution in [3.63, 3.8) is 0 Å². The van der Waals surface area contributed by atoms with Gasteiger partial charge in [-0.1, -0.05) is 90.4 Å². The van der Waals surface area contributed by atoms with Gasteiger partial charge in [-0.3, -0.25) is 0 Å². The van der Waals surface area contributed by atoms with Gasteiger partial charge in [0, 0.05) is 12.2 Å². The highest BCUT2D eigenvalue weighted by molar-refractivity contribution is 5.82. The molecule has 0 aliphatic carbocycles. The predicted octanol–water partition coefficient (Wildman–Crippen LogP) is 6.87. The standard InChI is InChI=1S/C22H39NO2/c1-3-4-5-6-7-8-9-10-11-12-13-14-15-16-18-21(2)25-22(24)19-17-20-23/h17,19,21H,3-16,18H2,1-2H3. The van der Waals surface area contributed by atoms with Gasteiger partial charge in [-0.25, -0.2) is 4.79 Å². The molecule has 0 amide bonds. The minimum absolute atomic E-state index is 0.0619. The van der Waals surface area contributed by atoms with E-state index < -0.39 is 5.97 Å². The molecule has 0 bridgehead atoms.